The number of thiophene rings is 1. The summed E-state index contributed by atoms with van der Waals surface area (Å²) in [6.45, 7) is 6.37. The van der Waals surface area contributed by atoms with Crippen molar-refractivity contribution in [1.82, 2.24) is 20.0 Å². The van der Waals surface area contributed by atoms with Gasteiger partial charge in [0, 0.05) is 48.9 Å². The molecular weight excluding hydrogens is 420 g/mol. The van der Waals surface area contributed by atoms with Crippen LogP contribution in [0.5, 0.6) is 0 Å². The van der Waals surface area contributed by atoms with Gasteiger partial charge in [0.05, 0.1) is 0 Å². The minimum atomic E-state index is -0.456. The molecule has 3 saturated heterocycles. The van der Waals surface area contributed by atoms with E-state index >= 15 is 0 Å². The van der Waals surface area contributed by atoms with E-state index in [1.807, 2.05) is 41.7 Å². The number of nitrogens with one attached hydrogen (secondary N) is 1. The highest BCUT2D eigenvalue weighted by Gasteiger charge is 2.43. The molecule has 1 N–H and O–H groups in total. The van der Waals surface area contributed by atoms with Gasteiger partial charge in [-0.1, -0.05) is 36.8 Å². The molecule has 2 amide bonds. The molecule has 0 radical (unpaired) electrons. The maximum Gasteiger partial charge on any atom is 0.246 e. The van der Waals surface area contributed by atoms with Crippen LogP contribution in [0.1, 0.15) is 34.6 Å². The second kappa shape index (κ2) is 9.73. The first-order valence-electron chi connectivity index (χ1n) is 11.8. The lowest BCUT2D eigenvalue weighted by Gasteiger charge is -2.45. The summed E-state index contributed by atoms with van der Waals surface area (Å²) >= 11 is 1.89. The maximum atomic E-state index is 13.1. The molecule has 3 fully saturated rings. The fraction of sp³-hybridized carbons (Fsp3) is 0.520. The van der Waals surface area contributed by atoms with E-state index in [0.717, 1.165) is 25.2 Å². The highest BCUT2D eigenvalue weighted by Crippen LogP contribution is 2.24. The molecule has 170 valence electrons. The average Bonchev–Trinajstić information content (AvgIpc) is 3.25. The Balaban J connectivity index is 1.17. The summed E-state index contributed by atoms with van der Waals surface area (Å²) in [6.07, 6.45) is 4.55. The van der Waals surface area contributed by atoms with Crippen LogP contribution in [0.15, 0.2) is 42.5 Å². The van der Waals surface area contributed by atoms with Crippen LogP contribution in [0.25, 0.3) is 0 Å². The third-order valence-corrected chi connectivity index (χ3v) is 7.93. The van der Waals surface area contributed by atoms with Crippen LogP contribution >= 0.6 is 11.3 Å². The van der Waals surface area contributed by atoms with Gasteiger partial charge in [-0.05, 0) is 43.6 Å². The average molecular weight is 453 g/mol. The third-order valence-electron chi connectivity index (χ3n) is 6.87. The topological polar surface area (TPSA) is 55.9 Å². The summed E-state index contributed by atoms with van der Waals surface area (Å²) in [6, 6.07) is 13.6. The zero-order valence-electron chi connectivity index (χ0n) is 18.5. The molecule has 6 nitrogen and oxygen atoms in total. The van der Waals surface area contributed by atoms with Gasteiger partial charge in [0.2, 0.25) is 11.8 Å². The van der Waals surface area contributed by atoms with Crippen molar-refractivity contribution in [3.8, 4) is 0 Å². The van der Waals surface area contributed by atoms with Crippen molar-refractivity contribution < 1.29 is 9.59 Å². The fourth-order valence-corrected chi connectivity index (χ4v) is 6.24. The predicted molar refractivity (Wildman–Crippen MR) is 126 cm³/mol. The SMILES string of the molecule is O=C1N[C@@H](Cc2ccccc2)C(=O)N2CCN(Cc3ccc(CN4CCCCC4)s3)C[C@H]12. The van der Waals surface area contributed by atoms with E-state index in [9.17, 15) is 9.59 Å². The molecule has 3 aliphatic heterocycles. The minimum Gasteiger partial charge on any atom is -0.342 e. The van der Waals surface area contributed by atoms with E-state index in [1.165, 1.54) is 42.1 Å². The lowest BCUT2D eigenvalue weighted by Crippen LogP contribution is -2.69. The lowest BCUT2D eigenvalue weighted by molar-refractivity contribution is -0.153. The zero-order valence-corrected chi connectivity index (χ0v) is 19.4. The van der Waals surface area contributed by atoms with Crippen LogP contribution in [-0.2, 0) is 29.1 Å². The molecule has 1 aromatic heterocycles. The summed E-state index contributed by atoms with van der Waals surface area (Å²) in [7, 11) is 0. The first-order chi connectivity index (χ1) is 15.7. The smallest absolute Gasteiger partial charge is 0.246 e. The van der Waals surface area contributed by atoms with E-state index in [0.29, 0.717) is 19.5 Å². The number of piperazine rings is 2. The van der Waals surface area contributed by atoms with Crippen LogP contribution in [0.3, 0.4) is 0 Å². The van der Waals surface area contributed by atoms with E-state index in [4.69, 9.17) is 0 Å². The number of amides is 2. The summed E-state index contributed by atoms with van der Waals surface area (Å²) in [5, 5.41) is 2.99. The Kier molecular flexibility index (Phi) is 6.57. The van der Waals surface area contributed by atoms with E-state index in [2.05, 4.69) is 27.2 Å². The Morgan fingerprint density at radius 1 is 0.844 bits per heavy atom. The van der Waals surface area contributed by atoms with Gasteiger partial charge in [-0.3, -0.25) is 19.4 Å². The van der Waals surface area contributed by atoms with Gasteiger partial charge in [0.25, 0.3) is 0 Å². The number of carbonyl (C=O) groups excluding carboxylic acids is 2. The van der Waals surface area contributed by atoms with Crippen LogP contribution in [0, 0.1) is 0 Å². The van der Waals surface area contributed by atoms with Crippen molar-refractivity contribution in [2.75, 3.05) is 32.7 Å². The van der Waals surface area contributed by atoms with Crippen molar-refractivity contribution in [3.05, 3.63) is 57.8 Å². The molecule has 5 rings (SSSR count). The summed E-state index contributed by atoms with van der Waals surface area (Å²) in [4.78, 5) is 35.4. The minimum absolute atomic E-state index is 0.0211. The van der Waals surface area contributed by atoms with Gasteiger partial charge in [-0.2, -0.15) is 0 Å². The number of benzene rings is 1. The van der Waals surface area contributed by atoms with Crippen LogP contribution < -0.4 is 5.32 Å². The summed E-state index contributed by atoms with van der Waals surface area (Å²) in [5.74, 6) is 0.0326. The number of carbonyl (C=O) groups is 2. The van der Waals surface area contributed by atoms with Gasteiger partial charge < -0.3 is 10.2 Å². The van der Waals surface area contributed by atoms with Crippen molar-refractivity contribution in [2.24, 2.45) is 0 Å². The summed E-state index contributed by atoms with van der Waals surface area (Å²) in [5.41, 5.74) is 1.07. The summed E-state index contributed by atoms with van der Waals surface area (Å²) < 4.78 is 0. The monoisotopic (exact) mass is 452 g/mol. The molecule has 4 heterocycles. The van der Waals surface area contributed by atoms with Gasteiger partial charge in [-0.25, -0.2) is 0 Å². The molecule has 2 aromatic rings. The molecule has 1 aromatic carbocycles. The van der Waals surface area contributed by atoms with Crippen molar-refractivity contribution >= 4 is 23.2 Å². The molecular formula is C25H32N4O2S. The third kappa shape index (κ3) is 4.90. The number of hydrogen-bond donors (Lipinski definition) is 1. The highest BCUT2D eigenvalue weighted by atomic mass is 32.1. The van der Waals surface area contributed by atoms with Gasteiger partial charge in [0.15, 0.2) is 0 Å². The molecule has 0 unspecified atom stereocenters. The molecule has 0 spiro atoms. The lowest BCUT2D eigenvalue weighted by atomic mass is 9.98. The predicted octanol–water partition coefficient (Wildman–Crippen LogP) is 2.49. The van der Waals surface area contributed by atoms with Crippen LogP contribution in [-0.4, -0.2) is 71.3 Å². The standard InChI is InChI=1S/C25H32N4O2S/c30-24-23-18-28(17-21-10-9-20(32-21)16-27-11-5-2-6-12-27)13-14-29(23)25(31)22(26-24)15-19-7-3-1-4-8-19/h1,3-4,7-10,22-23H,2,5-6,11-18H2,(H,26,30)/t22-,23+/m0/s1. The molecule has 32 heavy (non-hydrogen) atoms. The molecule has 0 aliphatic carbocycles. The highest BCUT2D eigenvalue weighted by molar-refractivity contribution is 7.11. The Labute approximate surface area is 194 Å². The van der Waals surface area contributed by atoms with Crippen molar-refractivity contribution in [1.29, 1.82) is 0 Å². The van der Waals surface area contributed by atoms with Crippen molar-refractivity contribution in [2.45, 2.75) is 50.9 Å². The van der Waals surface area contributed by atoms with Gasteiger partial charge in [-0.15, -0.1) is 11.3 Å². The number of hydrogen-bond acceptors (Lipinski definition) is 5. The molecule has 0 bridgehead atoms. The molecule has 2 atom stereocenters. The first-order valence-corrected chi connectivity index (χ1v) is 12.6. The largest absolute Gasteiger partial charge is 0.342 e. The van der Waals surface area contributed by atoms with E-state index in [-0.39, 0.29) is 17.9 Å². The Hall–Kier alpha value is -2.22. The number of fused-ring (bicyclic) bond motifs is 1. The Morgan fingerprint density at radius 2 is 1.56 bits per heavy atom. The van der Waals surface area contributed by atoms with Crippen molar-refractivity contribution in [3.63, 3.8) is 0 Å². The fourth-order valence-electron chi connectivity index (χ4n) is 5.14. The molecule has 3 aliphatic rings. The Bertz CT molecular complexity index is 940. The quantitative estimate of drug-likeness (QED) is 0.732. The van der Waals surface area contributed by atoms with E-state index < -0.39 is 6.04 Å². The molecule has 7 heteroatoms. The first kappa shape index (κ1) is 21.6. The second-order valence-corrected chi connectivity index (χ2v) is 10.5. The number of rotatable bonds is 6. The van der Waals surface area contributed by atoms with E-state index in [1.54, 1.807) is 4.90 Å². The van der Waals surface area contributed by atoms with Gasteiger partial charge in [0.1, 0.15) is 12.1 Å². The zero-order chi connectivity index (χ0) is 21.9. The number of nitrogens with zero attached hydrogens (tertiary/aromatic N) is 3. The van der Waals surface area contributed by atoms with Gasteiger partial charge >= 0.3 is 0 Å². The second-order valence-electron chi connectivity index (χ2n) is 9.24. The maximum absolute atomic E-state index is 13.1. The molecule has 0 saturated carbocycles. The Morgan fingerprint density at radius 3 is 2.31 bits per heavy atom. The van der Waals surface area contributed by atoms with Crippen LogP contribution in [0.2, 0.25) is 0 Å². The van der Waals surface area contributed by atoms with Crippen LogP contribution in [0.4, 0.5) is 0 Å². The number of likely N-dealkylation sites (tertiary alicyclic amines) is 1. The number of piperidine rings is 1. The normalized spacial score (nSPS) is 24.9.